The lowest BCUT2D eigenvalue weighted by molar-refractivity contribution is 0.199. The molecule has 4 heteroatoms. The molecule has 2 N–H and O–H groups in total. The third-order valence-electron chi connectivity index (χ3n) is 1.13. The molecule has 0 heterocycles. The van der Waals surface area contributed by atoms with Crippen LogP contribution in [0, 0.1) is 5.41 Å². The largest absolute Gasteiger partial charge is 0.397 e. The molecule has 0 aliphatic rings. The third kappa shape index (κ3) is 9.78. The van der Waals surface area contributed by atoms with Crippen molar-refractivity contribution in [2.24, 2.45) is 0 Å². The van der Waals surface area contributed by atoms with E-state index in [9.17, 15) is 0 Å². The SMILES string of the molecule is CCCCSCCNOC=N. The maximum atomic E-state index is 6.53. The van der Waals surface area contributed by atoms with Crippen LogP contribution in [-0.2, 0) is 4.84 Å². The molecule has 0 saturated heterocycles. The number of hydrogen-bond donors (Lipinski definition) is 2. The molecule has 0 saturated carbocycles. The molecule has 0 aromatic heterocycles. The van der Waals surface area contributed by atoms with Crippen LogP contribution in [0.2, 0.25) is 0 Å². The maximum Gasteiger partial charge on any atom is 0.193 e. The van der Waals surface area contributed by atoms with Gasteiger partial charge in [-0.2, -0.15) is 17.2 Å². The van der Waals surface area contributed by atoms with Gasteiger partial charge in [0, 0.05) is 12.3 Å². The fraction of sp³-hybridized carbons (Fsp3) is 0.857. The van der Waals surface area contributed by atoms with Gasteiger partial charge < -0.3 is 4.84 Å². The van der Waals surface area contributed by atoms with Gasteiger partial charge in [-0.15, -0.1) is 0 Å². The highest BCUT2D eigenvalue weighted by Gasteiger charge is 1.87. The van der Waals surface area contributed by atoms with E-state index in [-0.39, 0.29) is 0 Å². The van der Waals surface area contributed by atoms with E-state index in [1.165, 1.54) is 18.6 Å². The summed E-state index contributed by atoms with van der Waals surface area (Å²) in [5.41, 5.74) is 2.65. The molecule has 0 amide bonds. The minimum absolute atomic E-state index is 0.809. The number of nitrogens with one attached hydrogen (secondary N) is 2. The van der Waals surface area contributed by atoms with Crippen molar-refractivity contribution >= 4 is 18.2 Å². The molecule has 11 heavy (non-hydrogen) atoms. The van der Waals surface area contributed by atoms with Crippen molar-refractivity contribution in [2.45, 2.75) is 19.8 Å². The van der Waals surface area contributed by atoms with Crippen LogP contribution in [0.5, 0.6) is 0 Å². The molecule has 0 rings (SSSR count). The first kappa shape index (κ1) is 10.8. The molecule has 0 aliphatic carbocycles. The quantitative estimate of drug-likeness (QED) is 0.256. The number of unbranched alkanes of at least 4 members (excludes halogenated alkanes) is 1. The van der Waals surface area contributed by atoms with E-state index in [2.05, 4.69) is 17.2 Å². The monoisotopic (exact) mass is 176 g/mol. The van der Waals surface area contributed by atoms with Crippen molar-refractivity contribution in [1.82, 2.24) is 5.48 Å². The Morgan fingerprint density at radius 1 is 1.55 bits per heavy atom. The molecule has 0 radical (unpaired) electrons. The molecule has 0 aliphatic heterocycles. The van der Waals surface area contributed by atoms with Gasteiger partial charge >= 0.3 is 0 Å². The minimum atomic E-state index is 0.809. The lowest BCUT2D eigenvalue weighted by Crippen LogP contribution is -2.16. The zero-order chi connectivity index (χ0) is 8.36. The first-order chi connectivity index (χ1) is 5.41. The van der Waals surface area contributed by atoms with Crippen LogP contribution in [0.4, 0.5) is 0 Å². The average molecular weight is 176 g/mol. The lowest BCUT2D eigenvalue weighted by Gasteiger charge is -2.00. The van der Waals surface area contributed by atoms with Gasteiger partial charge in [-0.3, -0.25) is 5.41 Å². The van der Waals surface area contributed by atoms with Crippen LogP contribution in [-0.4, -0.2) is 24.5 Å². The molecule has 0 unspecified atom stereocenters. The Balaban J connectivity index is 2.74. The van der Waals surface area contributed by atoms with Crippen molar-refractivity contribution in [3.05, 3.63) is 0 Å². The van der Waals surface area contributed by atoms with Crippen LogP contribution >= 0.6 is 11.8 Å². The highest BCUT2D eigenvalue weighted by Crippen LogP contribution is 2.02. The summed E-state index contributed by atoms with van der Waals surface area (Å²) in [6.45, 7) is 3.00. The smallest absolute Gasteiger partial charge is 0.193 e. The molecule has 0 fully saturated rings. The zero-order valence-electron chi connectivity index (χ0n) is 6.93. The summed E-state index contributed by atoms with van der Waals surface area (Å²) in [4.78, 5) is 4.52. The van der Waals surface area contributed by atoms with Gasteiger partial charge in [0.1, 0.15) is 0 Å². The number of hydroxylamine groups is 1. The highest BCUT2D eigenvalue weighted by molar-refractivity contribution is 7.99. The van der Waals surface area contributed by atoms with E-state index in [0.717, 1.165) is 18.7 Å². The van der Waals surface area contributed by atoms with Crippen LogP contribution in [0.25, 0.3) is 0 Å². The van der Waals surface area contributed by atoms with Crippen LogP contribution in [0.1, 0.15) is 19.8 Å². The molecule has 0 spiro atoms. The van der Waals surface area contributed by atoms with Crippen molar-refractivity contribution in [2.75, 3.05) is 18.1 Å². The normalized spacial score (nSPS) is 9.55. The second kappa shape index (κ2) is 9.78. The predicted octanol–water partition coefficient (Wildman–Crippen LogP) is 1.65. The second-order valence-corrected chi connectivity index (χ2v) is 3.32. The molecule has 0 aromatic rings. The Hall–Kier alpha value is -0.220. The van der Waals surface area contributed by atoms with E-state index < -0.39 is 0 Å². The maximum absolute atomic E-state index is 6.53. The Bertz CT molecular complexity index is 90.5. The number of hydrogen-bond acceptors (Lipinski definition) is 4. The summed E-state index contributed by atoms with van der Waals surface area (Å²) in [6.07, 6.45) is 3.45. The second-order valence-electron chi connectivity index (χ2n) is 2.10. The Morgan fingerprint density at radius 3 is 3.00 bits per heavy atom. The summed E-state index contributed by atoms with van der Waals surface area (Å²) >= 11 is 1.91. The molecule has 66 valence electrons. The molecular weight excluding hydrogens is 160 g/mol. The molecule has 0 aromatic carbocycles. The molecule has 0 bridgehead atoms. The van der Waals surface area contributed by atoms with Crippen molar-refractivity contribution < 1.29 is 4.84 Å². The van der Waals surface area contributed by atoms with Crippen molar-refractivity contribution in [3.63, 3.8) is 0 Å². The van der Waals surface area contributed by atoms with Gasteiger partial charge in [0.05, 0.1) is 0 Å². The number of rotatable bonds is 8. The standard InChI is InChI=1S/C7H16N2OS/c1-2-3-5-11-6-4-9-10-7-8/h7-9H,2-6H2,1H3. The predicted molar refractivity (Wildman–Crippen MR) is 50.1 cm³/mol. The van der Waals surface area contributed by atoms with Crippen LogP contribution in [0.3, 0.4) is 0 Å². The van der Waals surface area contributed by atoms with Crippen LogP contribution in [0.15, 0.2) is 0 Å². The van der Waals surface area contributed by atoms with Gasteiger partial charge in [-0.05, 0) is 12.2 Å². The molecular formula is C7H16N2OS. The summed E-state index contributed by atoms with van der Waals surface area (Å²) in [5, 5.41) is 6.53. The number of thioether (sulfide) groups is 1. The minimum Gasteiger partial charge on any atom is -0.397 e. The molecule has 3 nitrogen and oxygen atoms in total. The summed E-state index contributed by atoms with van der Waals surface area (Å²) in [5.74, 6) is 2.27. The topological polar surface area (TPSA) is 45.1 Å². The van der Waals surface area contributed by atoms with E-state index in [1.54, 1.807) is 0 Å². The first-order valence-electron chi connectivity index (χ1n) is 3.87. The van der Waals surface area contributed by atoms with Gasteiger partial charge in [0.25, 0.3) is 0 Å². The summed E-state index contributed by atoms with van der Waals surface area (Å²) in [7, 11) is 0. The van der Waals surface area contributed by atoms with Crippen molar-refractivity contribution in [1.29, 1.82) is 5.41 Å². The van der Waals surface area contributed by atoms with Gasteiger partial charge in [-0.25, -0.2) is 0 Å². The fourth-order valence-corrected chi connectivity index (χ4v) is 1.49. The Labute approximate surface area is 72.4 Å². The zero-order valence-corrected chi connectivity index (χ0v) is 7.75. The average Bonchev–Trinajstić information content (AvgIpc) is 2.03. The van der Waals surface area contributed by atoms with Gasteiger partial charge in [-0.1, -0.05) is 13.3 Å². The molecule has 0 atom stereocenters. The van der Waals surface area contributed by atoms with Crippen molar-refractivity contribution in [3.8, 4) is 0 Å². The van der Waals surface area contributed by atoms with Gasteiger partial charge in [0.2, 0.25) is 0 Å². The lowest BCUT2D eigenvalue weighted by atomic mass is 10.4. The summed E-state index contributed by atoms with van der Waals surface area (Å²) in [6, 6.07) is 0. The van der Waals surface area contributed by atoms with E-state index in [0.29, 0.717) is 0 Å². The van der Waals surface area contributed by atoms with E-state index >= 15 is 0 Å². The first-order valence-corrected chi connectivity index (χ1v) is 5.02. The van der Waals surface area contributed by atoms with E-state index in [1.807, 2.05) is 11.8 Å². The van der Waals surface area contributed by atoms with Gasteiger partial charge in [0.15, 0.2) is 6.40 Å². The summed E-state index contributed by atoms with van der Waals surface area (Å²) < 4.78 is 0. The van der Waals surface area contributed by atoms with E-state index in [4.69, 9.17) is 5.41 Å². The fourth-order valence-electron chi connectivity index (χ4n) is 0.563. The van der Waals surface area contributed by atoms with Crippen LogP contribution < -0.4 is 5.48 Å². The Kier molecular flexibility index (Phi) is 9.58. The Morgan fingerprint density at radius 2 is 2.36 bits per heavy atom. The highest BCUT2D eigenvalue weighted by atomic mass is 32.2. The third-order valence-corrected chi connectivity index (χ3v) is 2.20.